The Bertz CT molecular complexity index is 444. The zero-order valence-corrected chi connectivity index (χ0v) is 8.27. The van der Waals surface area contributed by atoms with E-state index in [2.05, 4.69) is 10.2 Å². The molecule has 0 amide bonds. The highest BCUT2D eigenvalue weighted by Gasteiger charge is 2.22. The van der Waals surface area contributed by atoms with Gasteiger partial charge in [0.1, 0.15) is 0 Å². The normalized spacial score (nSPS) is 19.5. The van der Waals surface area contributed by atoms with E-state index in [-0.39, 0.29) is 16.7 Å². The SMILES string of the molecule is O=S1(=O)CCc2nnc(Cl)cc2C1. The Morgan fingerprint density at radius 2 is 2.15 bits per heavy atom. The van der Waals surface area contributed by atoms with Crippen molar-refractivity contribution in [3.63, 3.8) is 0 Å². The average Bonchev–Trinajstić information content (AvgIpc) is 2.01. The lowest BCUT2D eigenvalue weighted by Gasteiger charge is -2.13. The van der Waals surface area contributed by atoms with E-state index < -0.39 is 9.84 Å². The summed E-state index contributed by atoms with van der Waals surface area (Å²) in [6, 6.07) is 1.57. The molecule has 1 aromatic rings. The van der Waals surface area contributed by atoms with Gasteiger partial charge >= 0.3 is 0 Å². The summed E-state index contributed by atoms with van der Waals surface area (Å²) in [5.41, 5.74) is 1.44. The predicted molar refractivity (Wildman–Crippen MR) is 48.2 cm³/mol. The largest absolute Gasteiger partial charge is 0.228 e. The van der Waals surface area contributed by atoms with Crippen LogP contribution in [0.1, 0.15) is 11.3 Å². The molecule has 0 radical (unpaired) electrons. The Balaban J connectivity index is 2.50. The zero-order chi connectivity index (χ0) is 9.47. The summed E-state index contributed by atoms with van der Waals surface area (Å²) in [5, 5.41) is 7.74. The highest BCUT2D eigenvalue weighted by Crippen LogP contribution is 2.19. The lowest BCUT2D eigenvalue weighted by atomic mass is 10.2. The summed E-state index contributed by atoms with van der Waals surface area (Å²) in [5.74, 6) is 0.202. The van der Waals surface area contributed by atoms with Gasteiger partial charge in [-0.2, -0.15) is 5.10 Å². The van der Waals surface area contributed by atoms with E-state index in [4.69, 9.17) is 11.6 Å². The molecule has 0 N–H and O–H groups in total. The van der Waals surface area contributed by atoms with Gasteiger partial charge in [-0.1, -0.05) is 11.6 Å². The molecule has 0 aliphatic carbocycles. The molecule has 1 aromatic heterocycles. The van der Waals surface area contributed by atoms with Crippen LogP contribution in [0.15, 0.2) is 6.07 Å². The molecule has 0 spiro atoms. The molecule has 4 nitrogen and oxygen atoms in total. The van der Waals surface area contributed by atoms with Crippen LogP contribution in [-0.4, -0.2) is 24.4 Å². The molecule has 2 heterocycles. The minimum Gasteiger partial charge on any atom is -0.228 e. The first kappa shape index (κ1) is 8.90. The highest BCUT2D eigenvalue weighted by molar-refractivity contribution is 7.90. The third kappa shape index (κ3) is 1.81. The van der Waals surface area contributed by atoms with Gasteiger partial charge < -0.3 is 0 Å². The van der Waals surface area contributed by atoms with Gasteiger partial charge in [0.25, 0.3) is 0 Å². The van der Waals surface area contributed by atoms with Gasteiger partial charge in [-0.3, -0.25) is 0 Å². The molecule has 2 rings (SSSR count). The van der Waals surface area contributed by atoms with Crippen LogP contribution in [0.3, 0.4) is 0 Å². The molecule has 1 aliphatic rings. The molecule has 70 valence electrons. The summed E-state index contributed by atoms with van der Waals surface area (Å²) in [6.07, 6.45) is 0.446. The summed E-state index contributed by atoms with van der Waals surface area (Å²) in [6.45, 7) is 0. The second-order valence-corrected chi connectivity index (χ2v) is 5.55. The molecule has 0 saturated heterocycles. The van der Waals surface area contributed by atoms with Gasteiger partial charge in [-0.25, -0.2) is 8.42 Å². The molecule has 0 unspecified atom stereocenters. The minimum atomic E-state index is -2.94. The lowest BCUT2D eigenvalue weighted by molar-refractivity contribution is 0.590. The van der Waals surface area contributed by atoms with Crippen molar-refractivity contribution in [3.8, 4) is 0 Å². The van der Waals surface area contributed by atoms with Crippen LogP contribution in [-0.2, 0) is 22.0 Å². The van der Waals surface area contributed by atoms with Crippen molar-refractivity contribution in [2.45, 2.75) is 12.2 Å². The van der Waals surface area contributed by atoms with E-state index in [0.717, 1.165) is 5.69 Å². The van der Waals surface area contributed by atoms with E-state index in [1.807, 2.05) is 0 Å². The smallest absolute Gasteiger partial charge is 0.154 e. The van der Waals surface area contributed by atoms with Crippen molar-refractivity contribution in [1.82, 2.24) is 10.2 Å². The van der Waals surface area contributed by atoms with Gasteiger partial charge in [0.2, 0.25) is 0 Å². The average molecular weight is 219 g/mol. The molecule has 1 aliphatic heterocycles. The molecule has 0 aromatic carbocycles. The van der Waals surface area contributed by atoms with Crippen LogP contribution in [0.2, 0.25) is 5.15 Å². The standard InChI is InChI=1S/C7H7ClN2O2S/c8-7-3-5-4-13(11,12)2-1-6(5)9-10-7/h3H,1-2,4H2. The van der Waals surface area contributed by atoms with Gasteiger partial charge in [-0.05, 0) is 11.6 Å². The summed E-state index contributed by atoms with van der Waals surface area (Å²) in [4.78, 5) is 0. The van der Waals surface area contributed by atoms with E-state index in [1.165, 1.54) is 0 Å². The number of hydrogen-bond donors (Lipinski definition) is 0. The second-order valence-electron chi connectivity index (χ2n) is 2.98. The van der Waals surface area contributed by atoms with Crippen molar-refractivity contribution in [1.29, 1.82) is 0 Å². The third-order valence-electron chi connectivity index (χ3n) is 1.96. The van der Waals surface area contributed by atoms with Crippen molar-refractivity contribution in [3.05, 3.63) is 22.5 Å². The van der Waals surface area contributed by atoms with E-state index in [1.54, 1.807) is 6.07 Å². The number of sulfone groups is 1. The van der Waals surface area contributed by atoms with Crippen molar-refractivity contribution >= 4 is 21.4 Å². The minimum absolute atomic E-state index is 0.0393. The summed E-state index contributed by atoms with van der Waals surface area (Å²) in [7, 11) is -2.94. The van der Waals surface area contributed by atoms with Crippen LogP contribution in [0.4, 0.5) is 0 Å². The fourth-order valence-electron chi connectivity index (χ4n) is 1.33. The predicted octanol–water partition coefficient (Wildman–Crippen LogP) is 0.601. The van der Waals surface area contributed by atoms with E-state index in [9.17, 15) is 8.42 Å². The van der Waals surface area contributed by atoms with Gasteiger partial charge in [0, 0.05) is 6.42 Å². The molecule has 0 atom stereocenters. The number of aryl methyl sites for hydroxylation is 1. The second kappa shape index (κ2) is 2.92. The Morgan fingerprint density at radius 3 is 2.92 bits per heavy atom. The zero-order valence-electron chi connectivity index (χ0n) is 6.70. The summed E-state index contributed by atoms with van der Waals surface area (Å²) < 4.78 is 22.5. The van der Waals surface area contributed by atoms with Crippen LogP contribution >= 0.6 is 11.6 Å². The first-order valence-electron chi connectivity index (χ1n) is 3.78. The van der Waals surface area contributed by atoms with Gasteiger partial charge in [-0.15, -0.1) is 5.10 Å². The molecular formula is C7H7ClN2O2S. The number of rotatable bonds is 0. The lowest BCUT2D eigenvalue weighted by Crippen LogP contribution is -2.20. The number of halogens is 1. The first-order chi connectivity index (χ1) is 6.07. The maximum absolute atomic E-state index is 11.2. The van der Waals surface area contributed by atoms with E-state index in [0.29, 0.717) is 12.0 Å². The maximum Gasteiger partial charge on any atom is 0.154 e. The summed E-state index contributed by atoms with van der Waals surface area (Å²) >= 11 is 5.60. The molecule has 0 fully saturated rings. The van der Waals surface area contributed by atoms with Gasteiger partial charge in [0.05, 0.1) is 17.2 Å². The topological polar surface area (TPSA) is 59.9 Å². The number of nitrogens with zero attached hydrogens (tertiary/aromatic N) is 2. The Kier molecular flexibility index (Phi) is 2.00. The molecule has 0 saturated carbocycles. The van der Waals surface area contributed by atoms with Crippen LogP contribution in [0.5, 0.6) is 0 Å². The van der Waals surface area contributed by atoms with Crippen LogP contribution < -0.4 is 0 Å². The number of hydrogen-bond acceptors (Lipinski definition) is 4. The number of aromatic nitrogens is 2. The Labute approximate surface area is 80.9 Å². The molecule has 13 heavy (non-hydrogen) atoms. The quantitative estimate of drug-likeness (QED) is 0.640. The fourth-order valence-corrected chi connectivity index (χ4v) is 2.87. The maximum atomic E-state index is 11.2. The van der Waals surface area contributed by atoms with Crippen LogP contribution in [0.25, 0.3) is 0 Å². The van der Waals surface area contributed by atoms with Crippen molar-refractivity contribution < 1.29 is 8.42 Å². The van der Waals surface area contributed by atoms with Crippen molar-refractivity contribution in [2.75, 3.05) is 5.75 Å². The first-order valence-corrected chi connectivity index (χ1v) is 5.98. The third-order valence-corrected chi connectivity index (χ3v) is 3.72. The monoisotopic (exact) mass is 218 g/mol. The van der Waals surface area contributed by atoms with Crippen molar-refractivity contribution in [2.24, 2.45) is 0 Å². The molecule has 6 heteroatoms. The van der Waals surface area contributed by atoms with Crippen LogP contribution in [0, 0.1) is 0 Å². The van der Waals surface area contributed by atoms with Gasteiger partial charge in [0.15, 0.2) is 15.0 Å². The number of fused-ring (bicyclic) bond motifs is 1. The Hall–Kier alpha value is -0.680. The molecule has 0 bridgehead atoms. The van der Waals surface area contributed by atoms with E-state index >= 15 is 0 Å². The fraction of sp³-hybridized carbons (Fsp3) is 0.429. The highest BCUT2D eigenvalue weighted by atomic mass is 35.5. The molecular weight excluding hydrogens is 212 g/mol. The Morgan fingerprint density at radius 1 is 1.38 bits per heavy atom.